The summed E-state index contributed by atoms with van der Waals surface area (Å²) in [5.41, 5.74) is 6.91. The fraction of sp³-hybridized carbons (Fsp3) is 0.375. The van der Waals surface area contributed by atoms with E-state index in [0.717, 1.165) is 49.4 Å². The van der Waals surface area contributed by atoms with E-state index in [0.29, 0.717) is 18.9 Å². The number of likely N-dealkylation sites (tertiary alicyclic amines) is 1. The van der Waals surface area contributed by atoms with Crippen LogP contribution in [0.3, 0.4) is 0 Å². The molecule has 0 saturated carbocycles. The molecule has 0 bridgehead atoms. The van der Waals surface area contributed by atoms with Crippen LogP contribution in [-0.2, 0) is 11.2 Å². The van der Waals surface area contributed by atoms with E-state index in [1.54, 1.807) is 12.1 Å². The number of ether oxygens (including phenoxy) is 1. The van der Waals surface area contributed by atoms with Crippen molar-refractivity contribution in [2.45, 2.75) is 45.6 Å². The molecule has 0 radical (unpaired) electrons. The number of hydrogen-bond donors (Lipinski definition) is 0. The Kier molecular flexibility index (Phi) is 7.71. The zero-order valence-electron chi connectivity index (χ0n) is 22.2. The first-order valence-electron chi connectivity index (χ1n) is 13.4. The maximum atomic E-state index is 13.7. The van der Waals surface area contributed by atoms with Crippen LogP contribution in [0.15, 0.2) is 77.9 Å². The number of carbonyl (C=O) groups excluding carboxylic acids is 1. The zero-order chi connectivity index (χ0) is 25.8. The van der Waals surface area contributed by atoms with E-state index >= 15 is 0 Å². The van der Waals surface area contributed by atoms with E-state index in [9.17, 15) is 4.79 Å². The smallest absolute Gasteiger partial charge is 0.257 e. The number of benzene rings is 3. The lowest BCUT2D eigenvalue weighted by Crippen LogP contribution is -2.42. The molecule has 5 heteroatoms. The molecule has 3 aromatic carbocycles. The van der Waals surface area contributed by atoms with E-state index in [4.69, 9.17) is 9.84 Å². The van der Waals surface area contributed by atoms with Crippen LogP contribution in [0.1, 0.15) is 53.1 Å². The lowest BCUT2D eigenvalue weighted by Gasteiger charge is -2.33. The third kappa shape index (κ3) is 5.94. The summed E-state index contributed by atoms with van der Waals surface area (Å²) >= 11 is 0. The predicted octanol–water partition coefficient (Wildman–Crippen LogP) is 5.94. The molecule has 0 spiro atoms. The zero-order valence-corrected chi connectivity index (χ0v) is 22.2. The van der Waals surface area contributed by atoms with Gasteiger partial charge >= 0.3 is 0 Å². The first-order chi connectivity index (χ1) is 18.0. The standard InChI is InChI=1S/C32H37N3O2/c1-23-12-13-24(2)29(18-23)31-21-30(27-10-7-11-28(20-27)37-3)33-35(31)32(36)22-34-16-14-26(15-17-34)19-25-8-5-4-6-9-25/h4-13,18,20,26,31H,14-17,19,21-22H2,1-3H3/t31-/m1/s1. The molecule has 2 heterocycles. The number of aryl methyl sites for hydroxylation is 2. The third-order valence-corrected chi connectivity index (χ3v) is 7.80. The molecule has 2 aliphatic heterocycles. The first kappa shape index (κ1) is 25.2. The summed E-state index contributed by atoms with van der Waals surface area (Å²) in [7, 11) is 1.67. The van der Waals surface area contributed by atoms with E-state index in [1.807, 2.05) is 24.3 Å². The fourth-order valence-electron chi connectivity index (χ4n) is 5.64. The first-order valence-corrected chi connectivity index (χ1v) is 13.4. The molecule has 2 aliphatic rings. The van der Waals surface area contributed by atoms with Crippen molar-refractivity contribution in [2.75, 3.05) is 26.7 Å². The molecule has 0 aromatic heterocycles. The number of piperidine rings is 1. The van der Waals surface area contributed by atoms with Gasteiger partial charge in [-0.3, -0.25) is 9.69 Å². The molecule has 192 valence electrons. The number of methoxy groups -OCH3 is 1. The molecule has 1 saturated heterocycles. The summed E-state index contributed by atoms with van der Waals surface area (Å²) in [4.78, 5) is 16.0. The van der Waals surface area contributed by atoms with E-state index in [1.165, 1.54) is 22.3 Å². The second kappa shape index (κ2) is 11.3. The summed E-state index contributed by atoms with van der Waals surface area (Å²) in [6.45, 7) is 6.55. The normalized spacial score (nSPS) is 18.6. The van der Waals surface area contributed by atoms with Crippen LogP contribution in [0.2, 0.25) is 0 Å². The number of amides is 1. The van der Waals surface area contributed by atoms with Crippen molar-refractivity contribution in [2.24, 2.45) is 11.0 Å². The van der Waals surface area contributed by atoms with Crippen molar-refractivity contribution < 1.29 is 9.53 Å². The van der Waals surface area contributed by atoms with Crippen molar-refractivity contribution in [1.29, 1.82) is 0 Å². The van der Waals surface area contributed by atoms with Crippen LogP contribution in [0, 0.1) is 19.8 Å². The summed E-state index contributed by atoms with van der Waals surface area (Å²) in [6.07, 6.45) is 4.07. The van der Waals surface area contributed by atoms with Crippen LogP contribution >= 0.6 is 0 Å². The molecule has 1 amide bonds. The quantitative estimate of drug-likeness (QED) is 0.407. The highest BCUT2D eigenvalue weighted by Crippen LogP contribution is 2.36. The molecule has 0 N–H and O–H groups in total. The Morgan fingerprint density at radius 1 is 0.973 bits per heavy atom. The van der Waals surface area contributed by atoms with E-state index < -0.39 is 0 Å². The van der Waals surface area contributed by atoms with E-state index in [-0.39, 0.29) is 11.9 Å². The summed E-state index contributed by atoms with van der Waals surface area (Å²) in [5, 5.41) is 6.67. The number of rotatable bonds is 7. The maximum Gasteiger partial charge on any atom is 0.257 e. The summed E-state index contributed by atoms with van der Waals surface area (Å²) < 4.78 is 5.44. The van der Waals surface area contributed by atoms with Crippen LogP contribution in [0.4, 0.5) is 0 Å². The minimum Gasteiger partial charge on any atom is -0.497 e. The van der Waals surface area contributed by atoms with Crippen molar-refractivity contribution >= 4 is 11.6 Å². The second-order valence-electron chi connectivity index (χ2n) is 10.5. The van der Waals surface area contributed by atoms with Crippen LogP contribution in [0.25, 0.3) is 0 Å². The van der Waals surface area contributed by atoms with Crippen LogP contribution < -0.4 is 4.74 Å². The Morgan fingerprint density at radius 2 is 1.76 bits per heavy atom. The van der Waals surface area contributed by atoms with Gasteiger partial charge in [-0.2, -0.15) is 5.10 Å². The molecular formula is C32H37N3O2. The number of nitrogens with zero attached hydrogens (tertiary/aromatic N) is 3. The minimum atomic E-state index is -0.0933. The largest absolute Gasteiger partial charge is 0.497 e. The lowest BCUT2D eigenvalue weighted by molar-refractivity contribution is -0.134. The third-order valence-electron chi connectivity index (χ3n) is 7.80. The average Bonchev–Trinajstić information content (AvgIpc) is 3.37. The fourth-order valence-corrected chi connectivity index (χ4v) is 5.64. The molecule has 5 nitrogen and oxygen atoms in total. The van der Waals surface area contributed by atoms with Gasteiger partial charge in [-0.1, -0.05) is 66.2 Å². The van der Waals surface area contributed by atoms with Gasteiger partial charge in [-0.15, -0.1) is 0 Å². The lowest BCUT2D eigenvalue weighted by atomic mass is 9.90. The topological polar surface area (TPSA) is 45.1 Å². The predicted molar refractivity (Wildman–Crippen MR) is 149 cm³/mol. The van der Waals surface area contributed by atoms with Crippen LogP contribution in [-0.4, -0.2) is 48.3 Å². The van der Waals surface area contributed by atoms with Gasteiger partial charge in [0.1, 0.15) is 5.75 Å². The highest BCUT2D eigenvalue weighted by Gasteiger charge is 2.35. The number of hydrazone groups is 1. The van der Waals surface area contributed by atoms with Gasteiger partial charge in [0.25, 0.3) is 5.91 Å². The Bertz CT molecular complexity index is 1260. The maximum absolute atomic E-state index is 13.7. The Labute approximate surface area is 220 Å². The Balaban J connectivity index is 1.31. The van der Waals surface area contributed by atoms with Gasteiger partial charge in [0, 0.05) is 12.0 Å². The highest BCUT2D eigenvalue weighted by atomic mass is 16.5. The van der Waals surface area contributed by atoms with Crippen molar-refractivity contribution in [3.8, 4) is 5.75 Å². The SMILES string of the molecule is COc1cccc(C2=NN(C(=O)CN3CCC(Cc4ccccc4)CC3)[C@@H](c3cc(C)ccc3C)C2)c1. The molecule has 3 aromatic rings. The molecule has 0 unspecified atom stereocenters. The molecule has 5 rings (SSSR count). The van der Waals surface area contributed by atoms with Gasteiger partial charge in [-0.25, -0.2) is 5.01 Å². The van der Waals surface area contributed by atoms with Crippen molar-refractivity contribution in [3.63, 3.8) is 0 Å². The van der Waals surface area contributed by atoms with Gasteiger partial charge in [0.15, 0.2) is 0 Å². The number of hydrogen-bond acceptors (Lipinski definition) is 4. The monoisotopic (exact) mass is 495 g/mol. The van der Waals surface area contributed by atoms with Crippen molar-refractivity contribution in [1.82, 2.24) is 9.91 Å². The molecular weight excluding hydrogens is 458 g/mol. The summed E-state index contributed by atoms with van der Waals surface area (Å²) in [6, 6.07) is 25.1. The average molecular weight is 496 g/mol. The van der Waals surface area contributed by atoms with Crippen molar-refractivity contribution in [3.05, 3.63) is 101 Å². The summed E-state index contributed by atoms with van der Waals surface area (Å²) in [5.74, 6) is 1.55. The molecule has 37 heavy (non-hydrogen) atoms. The molecule has 0 aliphatic carbocycles. The molecule has 1 fully saturated rings. The molecule has 1 atom stereocenters. The Hall–Kier alpha value is -3.44. The second-order valence-corrected chi connectivity index (χ2v) is 10.5. The van der Waals surface area contributed by atoms with Gasteiger partial charge in [-0.05, 0) is 80.9 Å². The highest BCUT2D eigenvalue weighted by molar-refractivity contribution is 6.03. The van der Waals surface area contributed by atoms with Crippen LogP contribution in [0.5, 0.6) is 5.75 Å². The number of carbonyl (C=O) groups is 1. The van der Waals surface area contributed by atoms with E-state index in [2.05, 4.69) is 67.3 Å². The van der Waals surface area contributed by atoms with Gasteiger partial charge in [0.05, 0.1) is 25.4 Å². The Morgan fingerprint density at radius 3 is 2.51 bits per heavy atom. The van der Waals surface area contributed by atoms with Gasteiger partial charge < -0.3 is 4.74 Å². The van der Waals surface area contributed by atoms with Gasteiger partial charge in [0.2, 0.25) is 0 Å². The minimum absolute atomic E-state index is 0.0744.